The van der Waals surface area contributed by atoms with E-state index in [0.29, 0.717) is 17.1 Å². The zero-order valence-corrected chi connectivity index (χ0v) is 19.8. The Kier molecular flexibility index (Phi) is 5.87. The summed E-state index contributed by atoms with van der Waals surface area (Å²) in [6.07, 6.45) is 10.6. The number of ether oxygens (including phenoxy) is 1. The van der Waals surface area contributed by atoms with Crippen molar-refractivity contribution in [2.45, 2.75) is 105 Å². The van der Waals surface area contributed by atoms with Crippen molar-refractivity contribution < 1.29 is 14.3 Å². The van der Waals surface area contributed by atoms with E-state index in [-0.39, 0.29) is 29.3 Å². The molecule has 9 atom stereocenters. The van der Waals surface area contributed by atoms with E-state index in [9.17, 15) is 9.59 Å². The van der Waals surface area contributed by atoms with Gasteiger partial charge in [0, 0.05) is 5.92 Å². The molecule has 4 nitrogen and oxygen atoms in total. The van der Waals surface area contributed by atoms with Gasteiger partial charge < -0.3 is 10.5 Å². The van der Waals surface area contributed by atoms with Crippen LogP contribution in [0.3, 0.4) is 0 Å². The van der Waals surface area contributed by atoms with E-state index < -0.39 is 6.04 Å². The maximum absolute atomic E-state index is 12.4. The van der Waals surface area contributed by atoms with Gasteiger partial charge in [-0.25, -0.2) is 0 Å². The third-order valence-electron chi connectivity index (χ3n) is 10.4. The van der Waals surface area contributed by atoms with Crippen molar-refractivity contribution in [2.75, 3.05) is 0 Å². The van der Waals surface area contributed by atoms with E-state index in [4.69, 9.17) is 10.5 Å². The lowest BCUT2D eigenvalue weighted by Gasteiger charge is -2.61. The molecule has 0 aromatic rings. The minimum Gasteiger partial charge on any atom is -0.461 e. The van der Waals surface area contributed by atoms with Gasteiger partial charge in [0.15, 0.2) is 0 Å². The molecule has 4 heteroatoms. The lowest BCUT2D eigenvalue weighted by Crippen LogP contribution is -2.54. The Morgan fingerprint density at radius 1 is 0.933 bits per heavy atom. The summed E-state index contributed by atoms with van der Waals surface area (Å²) < 4.78 is 5.87. The van der Waals surface area contributed by atoms with E-state index in [1.165, 1.54) is 32.1 Å². The summed E-state index contributed by atoms with van der Waals surface area (Å²) in [6.45, 7) is 10.7. The fourth-order valence-corrected chi connectivity index (χ4v) is 8.51. The number of rotatable bonds is 4. The fourth-order valence-electron chi connectivity index (χ4n) is 8.51. The molecule has 4 aliphatic rings. The van der Waals surface area contributed by atoms with Crippen LogP contribution in [-0.4, -0.2) is 23.9 Å². The van der Waals surface area contributed by atoms with Gasteiger partial charge in [-0.2, -0.15) is 0 Å². The molecular weight excluding hydrogens is 374 g/mol. The van der Waals surface area contributed by atoms with Crippen molar-refractivity contribution in [3.05, 3.63) is 0 Å². The molecule has 0 saturated heterocycles. The molecule has 0 heterocycles. The summed E-state index contributed by atoms with van der Waals surface area (Å²) in [5.41, 5.74) is 6.61. The van der Waals surface area contributed by atoms with Crippen LogP contribution in [0.25, 0.3) is 0 Å². The van der Waals surface area contributed by atoms with Crippen LogP contribution >= 0.6 is 0 Å². The maximum Gasteiger partial charge on any atom is 0.323 e. The number of ketones is 1. The van der Waals surface area contributed by atoms with Gasteiger partial charge in [0.25, 0.3) is 0 Å². The third-order valence-corrected chi connectivity index (χ3v) is 10.4. The van der Waals surface area contributed by atoms with Crippen molar-refractivity contribution >= 4 is 11.8 Å². The average molecular weight is 418 g/mol. The zero-order valence-electron chi connectivity index (χ0n) is 19.8. The first kappa shape index (κ1) is 22.3. The third kappa shape index (κ3) is 3.45. The predicted molar refractivity (Wildman–Crippen MR) is 119 cm³/mol. The van der Waals surface area contributed by atoms with Crippen LogP contribution in [0.5, 0.6) is 0 Å². The monoisotopic (exact) mass is 417 g/mol. The minimum absolute atomic E-state index is 0.0411. The molecule has 0 radical (unpaired) electrons. The second-order valence-electron chi connectivity index (χ2n) is 12.0. The van der Waals surface area contributed by atoms with E-state index >= 15 is 0 Å². The molecular formula is C26H43NO3. The Balaban J connectivity index is 1.45. The number of nitrogens with two attached hydrogens (primary N) is 1. The number of carbonyl (C=O) groups excluding carboxylic acids is 2. The van der Waals surface area contributed by atoms with Crippen LogP contribution < -0.4 is 5.73 Å². The second-order valence-corrected chi connectivity index (χ2v) is 12.0. The van der Waals surface area contributed by atoms with Gasteiger partial charge in [-0.1, -0.05) is 27.7 Å². The highest BCUT2D eigenvalue weighted by molar-refractivity contribution is 5.79. The highest BCUT2D eigenvalue weighted by Gasteiger charge is 2.60. The largest absolute Gasteiger partial charge is 0.461 e. The van der Waals surface area contributed by atoms with Gasteiger partial charge in [0.1, 0.15) is 17.9 Å². The molecule has 0 bridgehead atoms. The van der Waals surface area contributed by atoms with Crippen LogP contribution in [0.2, 0.25) is 0 Å². The Bertz CT molecular complexity index is 690. The van der Waals surface area contributed by atoms with Crippen LogP contribution in [0.1, 0.15) is 92.4 Å². The molecule has 170 valence electrons. The molecule has 3 unspecified atom stereocenters. The van der Waals surface area contributed by atoms with Gasteiger partial charge >= 0.3 is 5.97 Å². The van der Waals surface area contributed by atoms with Crippen molar-refractivity contribution in [3.63, 3.8) is 0 Å². The summed E-state index contributed by atoms with van der Waals surface area (Å²) in [7, 11) is 0. The number of hydrogen-bond donors (Lipinski definition) is 1. The van der Waals surface area contributed by atoms with Gasteiger partial charge in [0.2, 0.25) is 0 Å². The Labute approximate surface area is 183 Å². The standard InChI is InChI=1S/C26H43NO3/c1-15(2)23(27)24(29)30-18-10-12-25(4)17(14-18)6-7-19-21-9-8-20(16(3)28)26(21,5)13-11-22(19)25/h15,17-23H,6-14,27H2,1-5H3/t17-,18+,19?,20+,21?,22?,23-,25-,26+/m0/s1. The quantitative estimate of drug-likeness (QED) is 0.644. The lowest BCUT2D eigenvalue weighted by atomic mass is 9.44. The second kappa shape index (κ2) is 7.90. The molecule has 4 saturated carbocycles. The highest BCUT2D eigenvalue weighted by Crippen LogP contribution is 2.67. The average Bonchev–Trinajstić information content (AvgIpc) is 3.05. The van der Waals surface area contributed by atoms with Gasteiger partial charge in [-0.3, -0.25) is 9.59 Å². The molecule has 0 aromatic heterocycles. The van der Waals surface area contributed by atoms with Gasteiger partial charge in [-0.15, -0.1) is 0 Å². The SMILES string of the molecule is CC(=O)[C@H]1CCC2C3CC[C@H]4C[C@H](OC(=O)[C@@H](N)C(C)C)CC[C@]4(C)C3CC[C@@]21C. The topological polar surface area (TPSA) is 69.4 Å². The Morgan fingerprint density at radius 3 is 2.27 bits per heavy atom. The first-order chi connectivity index (χ1) is 14.1. The van der Waals surface area contributed by atoms with Gasteiger partial charge in [0.05, 0.1) is 0 Å². The van der Waals surface area contributed by atoms with Crippen LogP contribution in [0.4, 0.5) is 0 Å². The lowest BCUT2D eigenvalue weighted by molar-refractivity contribution is -0.165. The summed E-state index contributed by atoms with van der Waals surface area (Å²) in [4.78, 5) is 24.7. The molecule has 4 aliphatic carbocycles. The van der Waals surface area contributed by atoms with Crippen LogP contribution in [0, 0.1) is 46.3 Å². The van der Waals surface area contributed by atoms with Crippen LogP contribution in [0.15, 0.2) is 0 Å². The molecule has 0 aromatic carbocycles. The molecule has 0 spiro atoms. The van der Waals surface area contributed by atoms with Crippen molar-refractivity contribution in [1.82, 2.24) is 0 Å². The maximum atomic E-state index is 12.4. The first-order valence-corrected chi connectivity index (χ1v) is 12.5. The van der Waals surface area contributed by atoms with Crippen molar-refractivity contribution in [2.24, 2.45) is 52.1 Å². The zero-order chi connectivity index (χ0) is 21.8. The molecule has 30 heavy (non-hydrogen) atoms. The number of carbonyl (C=O) groups is 2. The van der Waals surface area contributed by atoms with E-state index in [2.05, 4.69) is 13.8 Å². The summed E-state index contributed by atoms with van der Waals surface area (Å²) in [6, 6.07) is -0.512. The first-order valence-electron chi connectivity index (χ1n) is 12.5. The Hall–Kier alpha value is -0.900. The number of hydrogen-bond acceptors (Lipinski definition) is 4. The van der Waals surface area contributed by atoms with Crippen molar-refractivity contribution in [3.8, 4) is 0 Å². The predicted octanol–water partition coefficient (Wildman–Crippen LogP) is 5.13. The smallest absolute Gasteiger partial charge is 0.323 e. The van der Waals surface area contributed by atoms with Crippen molar-refractivity contribution in [1.29, 1.82) is 0 Å². The Morgan fingerprint density at radius 2 is 1.60 bits per heavy atom. The molecule has 4 rings (SSSR count). The molecule has 4 fully saturated rings. The summed E-state index contributed by atoms with van der Waals surface area (Å²) >= 11 is 0. The van der Waals surface area contributed by atoms with Crippen LogP contribution in [-0.2, 0) is 14.3 Å². The normalized spacial score (nSPS) is 46.5. The summed E-state index contributed by atoms with van der Waals surface area (Å²) in [5.74, 6) is 3.52. The number of esters is 1. The fraction of sp³-hybridized carbons (Fsp3) is 0.923. The number of fused-ring (bicyclic) bond motifs is 5. The van der Waals surface area contributed by atoms with E-state index in [0.717, 1.165) is 43.4 Å². The number of Topliss-reactive ketones (excluding diaryl/α,β-unsaturated/α-hetero) is 1. The molecule has 0 aliphatic heterocycles. The van der Waals surface area contributed by atoms with E-state index in [1.54, 1.807) is 0 Å². The minimum atomic E-state index is -0.512. The molecule has 0 amide bonds. The molecule has 2 N–H and O–H groups in total. The van der Waals surface area contributed by atoms with Gasteiger partial charge in [-0.05, 0) is 105 Å². The highest BCUT2D eigenvalue weighted by atomic mass is 16.5. The van der Waals surface area contributed by atoms with E-state index in [1.807, 2.05) is 20.8 Å². The summed E-state index contributed by atoms with van der Waals surface area (Å²) in [5, 5.41) is 0.